The number of fused-ring (bicyclic) bond motifs is 1. The van der Waals surface area contributed by atoms with Crippen LogP contribution in [0.25, 0.3) is 11.2 Å². The zero-order valence-electron chi connectivity index (χ0n) is 23.0. The van der Waals surface area contributed by atoms with Gasteiger partial charge >= 0.3 is 19.5 Å². The minimum absolute atomic E-state index is 0. The number of nitrogens with zero attached hydrogens (tertiary/aromatic N) is 4. The number of esters is 1. The van der Waals surface area contributed by atoms with Gasteiger partial charge in [-0.25, -0.2) is 24.4 Å². The molecule has 0 radical (unpaired) electrons. The summed E-state index contributed by atoms with van der Waals surface area (Å²) in [6.07, 6.45) is 0.898. The molecular formula is C27H46FN6O8PS2. The molecule has 3 aromatic rings. The number of carboxylic acids is 1. The number of benzene rings is 1. The van der Waals surface area contributed by atoms with E-state index in [0.717, 1.165) is 6.08 Å². The van der Waals surface area contributed by atoms with Crippen molar-refractivity contribution < 1.29 is 42.4 Å². The minimum Gasteiger partial charge on any atom is -0.481 e. The average Bonchev–Trinajstić information content (AvgIpc) is 3.52. The monoisotopic (exact) mass is 696 g/mol. The molecule has 1 aliphatic heterocycles. The van der Waals surface area contributed by atoms with Crippen molar-refractivity contribution in [3.05, 3.63) is 54.9 Å². The number of anilines is 1. The van der Waals surface area contributed by atoms with Crippen LogP contribution in [-0.4, -0.2) is 61.9 Å². The summed E-state index contributed by atoms with van der Waals surface area (Å²) < 4.78 is 51.5. The molecule has 0 saturated carbocycles. The van der Waals surface area contributed by atoms with Crippen LogP contribution in [0.15, 0.2) is 54.9 Å². The van der Waals surface area contributed by atoms with Gasteiger partial charge in [-0.1, -0.05) is 47.4 Å². The van der Waals surface area contributed by atoms with Gasteiger partial charge in [0.15, 0.2) is 36.2 Å². The molecule has 0 amide bonds. The van der Waals surface area contributed by atoms with Crippen LogP contribution in [0, 0.1) is 0 Å². The normalized spacial score (nSPS) is 16.6. The summed E-state index contributed by atoms with van der Waals surface area (Å²) >= 11 is 0. The number of rotatable bonds is 11. The summed E-state index contributed by atoms with van der Waals surface area (Å²) in [4.78, 5) is 33.5. The first kappa shape index (κ1) is 46.2. The zero-order chi connectivity index (χ0) is 29.3. The first-order valence-corrected chi connectivity index (χ1v) is 13.9. The van der Waals surface area contributed by atoms with Gasteiger partial charge in [-0.15, -0.1) is 0 Å². The molecule has 4 atom stereocenters. The third-order valence-electron chi connectivity index (χ3n) is 5.17. The average molecular weight is 697 g/mol. The number of nitrogens with one attached hydrogen (secondary N) is 1. The number of hydrogen-bond donors (Lipinski definition) is 3. The number of halogens is 1. The lowest BCUT2D eigenvalue weighted by molar-refractivity contribution is -0.144. The second kappa shape index (κ2) is 21.5. The van der Waals surface area contributed by atoms with Gasteiger partial charge in [-0.3, -0.25) is 18.7 Å². The van der Waals surface area contributed by atoms with Crippen LogP contribution in [0.1, 0.15) is 55.7 Å². The van der Waals surface area contributed by atoms with Crippen molar-refractivity contribution in [2.24, 2.45) is 0 Å². The van der Waals surface area contributed by atoms with Gasteiger partial charge in [0.05, 0.1) is 12.9 Å². The number of carbonyl (C=O) groups excluding carboxylic acids is 1. The van der Waals surface area contributed by atoms with Crippen molar-refractivity contribution in [2.45, 2.75) is 68.0 Å². The molecule has 18 heteroatoms. The predicted molar refractivity (Wildman–Crippen MR) is 182 cm³/mol. The standard InChI is InChI=1S/C21H24FN6O6P.C3H6O2.3CH4.2H2S/c1-3-31-21(29)13(2)27-35(30,34-14-7-5-4-6-8-14)12-32-16-9-15(22)20(33-16)28-11-26-17-18(23)24-10-25-19(17)28;1-2-3(4)5;;;;;/h4-11,13,16,20H,3,12H2,1-2H3,(H,27,30)(H2,23,24,25);2H2,1H3,(H,4,5);3*1H4;2*1H2/t13-,16-,20+,35-;;;;;;/m0....../s1. The van der Waals surface area contributed by atoms with E-state index in [1.807, 2.05) is 0 Å². The SMILES string of the molecule is C.C.C.CCC(=O)O.CCOC(=O)[C@H](C)N[P@](=O)(CO[C@@H]1C=C(F)[C@H](n2cnc3c(N)ncnc32)O1)Oc1ccccc1.S.S. The summed E-state index contributed by atoms with van der Waals surface area (Å²) in [6.45, 7) is 4.90. The molecule has 2 aromatic heterocycles. The van der Waals surface area contributed by atoms with E-state index >= 15 is 0 Å². The number of aliphatic carboxylic acids is 1. The Morgan fingerprint density at radius 1 is 1.16 bits per heavy atom. The lowest BCUT2D eigenvalue weighted by Crippen LogP contribution is -2.36. The number of nitrogen functional groups attached to an aromatic ring is 1. The fourth-order valence-electron chi connectivity index (χ4n) is 3.30. The summed E-state index contributed by atoms with van der Waals surface area (Å²) in [7, 11) is -3.83. The second-order valence-electron chi connectivity index (χ2n) is 8.22. The van der Waals surface area contributed by atoms with E-state index in [1.54, 1.807) is 44.2 Å². The van der Waals surface area contributed by atoms with Crippen LogP contribution >= 0.6 is 34.5 Å². The van der Waals surface area contributed by atoms with Gasteiger partial charge in [0.2, 0.25) is 0 Å². The molecule has 4 N–H and O–H groups in total. The number of ether oxygens (including phenoxy) is 3. The van der Waals surface area contributed by atoms with E-state index in [1.165, 1.54) is 24.1 Å². The lowest BCUT2D eigenvalue weighted by Gasteiger charge is -2.24. The molecule has 4 rings (SSSR count). The quantitative estimate of drug-likeness (QED) is 0.168. The third kappa shape index (κ3) is 13.0. The summed E-state index contributed by atoms with van der Waals surface area (Å²) in [5, 5.41) is 10.4. The highest BCUT2D eigenvalue weighted by atomic mass is 32.1. The number of para-hydroxylation sites is 1. The highest BCUT2D eigenvalue weighted by molar-refractivity contribution is 7.59. The highest BCUT2D eigenvalue weighted by Crippen LogP contribution is 2.45. The van der Waals surface area contributed by atoms with Crippen molar-refractivity contribution in [3.8, 4) is 5.75 Å². The van der Waals surface area contributed by atoms with E-state index < -0.39 is 50.2 Å². The van der Waals surface area contributed by atoms with Crippen LogP contribution in [0.4, 0.5) is 10.2 Å². The molecule has 0 unspecified atom stereocenters. The van der Waals surface area contributed by atoms with Gasteiger partial charge in [0, 0.05) is 12.5 Å². The maximum absolute atomic E-state index is 14.8. The molecule has 3 heterocycles. The molecule has 0 aliphatic carbocycles. The van der Waals surface area contributed by atoms with Crippen molar-refractivity contribution >= 4 is 63.4 Å². The summed E-state index contributed by atoms with van der Waals surface area (Å²) in [6, 6.07) is 7.40. The van der Waals surface area contributed by atoms with Crippen LogP contribution in [0.3, 0.4) is 0 Å². The second-order valence-corrected chi connectivity index (χ2v) is 10.3. The molecule has 1 aromatic carbocycles. The van der Waals surface area contributed by atoms with Gasteiger partial charge in [-0.2, -0.15) is 27.0 Å². The summed E-state index contributed by atoms with van der Waals surface area (Å²) in [5.74, 6) is -1.59. The fraction of sp³-hybridized carbons (Fsp3) is 0.444. The highest BCUT2D eigenvalue weighted by Gasteiger charge is 2.36. The van der Waals surface area contributed by atoms with E-state index in [9.17, 15) is 18.5 Å². The Balaban J connectivity index is -0.00000164. The number of hydrogen-bond acceptors (Lipinski definition) is 11. The van der Waals surface area contributed by atoms with E-state index in [2.05, 4.69) is 20.0 Å². The topological polar surface area (TPSA) is 190 Å². The maximum atomic E-state index is 14.8. The molecule has 0 fully saturated rings. The predicted octanol–water partition coefficient (Wildman–Crippen LogP) is 5.52. The third-order valence-corrected chi connectivity index (χ3v) is 6.95. The van der Waals surface area contributed by atoms with Gasteiger partial charge in [-0.05, 0) is 26.0 Å². The maximum Gasteiger partial charge on any atom is 0.342 e. The smallest absolute Gasteiger partial charge is 0.342 e. The number of aromatic nitrogens is 4. The number of imidazole rings is 1. The molecule has 0 bridgehead atoms. The number of carbonyl (C=O) groups is 2. The van der Waals surface area contributed by atoms with Crippen molar-refractivity contribution in [2.75, 3.05) is 18.7 Å². The van der Waals surface area contributed by atoms with Crippen molar-refractivity contribution in [1.82, 2.24) is 24.6 Å². The summed E-state index contributed by atoms with van der Waals surface area (Å²) in [5.41, 5.74) is 6.35. The molecule has 14 nitrogen and oxygen atoms in total. The molecular weight excluding hydrogens is 650 g/mol. The molecule has 1 aliphatic rings. The van der Waals surface area contributed by atoms with Gasteiger partial charge in [0.1, 0.15) is 23.6 Å². The Morgan fingerprint density at radius 2 is 1.78 bits per heavy atom. The van der Waals surface area contributed by atoms with E-state index in [4.69, 9.17) is 29.6 Å². The van der Waals surface area contributed by atoms with Gasteiger partial charge in [0.25, 0.3) is 0 Å². The largest absolute Gasteiger partial charge is 0.481 e. The van der Waals surface area contributed by atoms with Crippen LogP contribution in [0.2, 0.25) is 0 Å². The Labute approximate surface area is 277 Å². The van der Waals surface area contributed by atoms with E-state index in [0.29, 0.717) is 5.52 Å². The molecule has 45 heavy (non-hydrogen) atoms. The van der Waals surface area contributed by atoms with Gasteiger partial charge < -0.3 is 29.6 Å². The van der Waals surface area contributed by atoms with Crippen LogP contribution in [-0.2, 0) is 28.4 Å². The fourth-order valence-corrected chi connectivity index (χ4v) is 4.98. The van der Waals surface area contributed by atoms with Crippen molar-refractivity contribution in [3.63, 3.8) is 0 Å². The Kier molecular flexibility index (Phi) is 22.1. The Morgan fingerprint density at radius 3 is 2.36 bits per heavy atom. The Bertz CT molecular complexity index is 1400. The molecule has 0 saturated heterocycles. The zero-order valence-corrected chi connectivity index (χ0v) is 25.9. The Hall–Kier alpha value is -3.21. The van der Waals surface area contributed by atoms with Crippen LogP contribution in [0.5, 0.6) is 5.75 Å². The first-order valence-electron chi connectivity index (χ1n) is 12.1. The van der Waals surface area contributed by atoms with E-state index in [-0.39, 0.29) is 79.5 Å². The number of carboxylic acid groups (broad SMARTS) is 1. The first-order chi connectivity index (χ1) is 19.1. The number of nitrogens with two attached hydrogens (primary N) is 1. The molecule has 0 spiro atoms. The van der Waals surface area contributed by atoms with Crippen molar-refractivity contribution in [1.29, 1.82) is 0 Å². The molecule has 256 valence electrons. The lowest BCUT2D eigenvalue weighted by atomic mass is 10.3. The minimum atomic E-state index is -3.83. The van der Waals surface area contributed by atoms with Crippen LogP contribution < -0.4 is 15.3 Å².